The third-order valence-corrected chi connectivity index (χ3v) is 6.04. The molecule has 0 aliphatic carbocycles. The molecular formula is C23H30N4O4. The van der Waals surface area contributed by atoms with Crippen LogP contribution in [-0.4, -0.2) is 86.2 Å². The molecule has 1 aromatic carbocycles. The fourth-order valence-corrected chi connectivity index (χ4v) is 4.43. The van der Waals surface area contributed by atoms with E-state index < -0.39 is 6.04 Å². The number of rotatable bonds is 8. The van der Waals surface area contributed by atoms with Crippen molar-refractivity contribution in [2.75, 3.05) is 59.6 Å². The van der Waals surface area contributed by atoms with Crippen LogP contribution in [0.2, 0.25) is 0 Å². The Bertz CT molecular complexity index is 878. The summed E-state index contributed by atoms with van der Waals surface area (Å²) < 4.78 is 10.7. The van der Waals surface area contributed by atoms with Crippen molar-refractivity contribution >= 4 is 11.9 Å². The Kier molecular flexibility index (Phi) is 6.58. The van der Waals surface area contributed by atoms with Crippen LogP contribution in [0.15, 0.2) is 48.2 Å². The third-order valence-electron chi connectivity index (χ3n) is 6.04. The van der Waals surface area contributed by atoms with Gasteiger partial charge >= 0.3 is 6.03 Å². The summed E-state index contributed by atoms with van der Waals surface area (Å²) in [6, 6.07) is 6.80. The van der Waals surface area contributed by atoms with Gasteiger partial charge in [-0.3, -0.25) is 14.6 Å². The van der Waals surface area contributed by atoms with Gasteiger partial charge in [-0.1, -0.05) is 18.2 Å². The van der Waals surface area contributed by atoms with Crippen LogP contribution >= 0.6 is 0 Å². The van der Waals surface area contributed by atoms with Crippen LogP contribution < -0.4 is 10.1 Å². The van der Waals surface area contributed by atoms with Gasteiger partial charge in [-0.25, -0.2) is 4.79 Å². The molecule has 1 atom stereocenters. The summed E-state index contributed by atoms with van der Waals surface area (Å²) in [6.45, 7) is 9.58. The minimum Gasteiger partial charge on any atom is -0.497 e. The second-order valence-corrected chi connectivity index (χ2v) is 7.95. The smallest absolute Gasteiger partial charge is 0.322 e. The zero-order valence-corrected chi connectivity index (χ0v) is 18.0. The Morgan fingerprint density at radius 2 is 2.06 bits per heavy atom. The van der Waals surface area contributed by atoms with Gasteiger partial charge in [0.25, 0.3) is 5.91 Å². The van der Waals surface area contributed by atoms with E-state index in [9.17, 15) is 9.59 Å². The summed E-state index contributed by atoms with van der Waals surface area (Å²) in [6.07, 6.45) is 2.57. The maximum Gasteiger partial charge on any atom is 0.322 e. The number of hydrogen-bond acceptors (Lipinski definition) is 5. The summed E-state index contributed by atoms with van der Waals surface area (Å²) in [5.41, 5.74) is 2.25. The van der Waals surface area contributed by atoms with Gasteiger partial charge < -0.3 is 19.7 Å². The number of ether oxygens (including phenoxy) is 2. The second-order valence-electron chi connectivity index (χ2n) is 7.95. The fourth-order valence-electron chi connectivity index (χ4n) is 4.43. The standard InChI is InChI=1S/C23H30N4O4/c1-3-8-27-19-16-26(10-5-9-25-11-13-31-14-12-25)22(28)20(19)21(24-23(27)29)17-6-4-7-18(15-17)30-2/h3-4,6-7,15,21H,1,5,8-14,16H2,2H3,(H,24,29)/t21-/m1/s1. The maximum absolute atomic E-state index is 13.4. The minimum absolute atomic E-state index is 0.0149. The SMILES string of the molecule is C=CCN1C(=O)N[C@H](c2cccc(OC)c2)C2=C1CN(CCCN1CCOCC1)C2=O. The van der Waals surface area contributed by atoms with E-state index in [1.807, 2.05) is 29.2 Å². The average Bonchev–Trinajstić information content (AvgIpc) is 3.12. The van der Waals surface area contributed by atoms with Crippen LogP contribution in [0.3, 0.4) is 0 Å². The summed E-state index contributed by atoms with van der Waals surface area (Å²) in [5.74, 6) is 0.675. The van der Waals surface area contributed by atoms with E-state index in [0.717, 1.165) is 50.5 Å². The Hall–Kier alpha value is -2.84. The van der Waals surface area contributed by atoms with Crippen LogP contribution in [0.4, 0.5) is 4.79 Å². The van der Waals surface area contributed by atoms with Crippen LogP contribution in [0, 0.1) is 0 Å². The molecule has 166 valence electrons. The molecule has 3 heterocycles. The van der Waals surface area contributed by atoms with E-state index in [2.05, 4.69) is 16.8 Å². The lowest BCUT2D eigenvalue weighted by molar-refractivity contribution is -0.125. The molecule has 3 aliphatic rings. The Morgan fingerprint density at radius 1 is 1.26 bits per heavy atom. The van der Waals surface area contributed by atoms with Crippen molar-refractivity contribution in [1.29, 1.82) is 0 Å². The molecule has 3 amide bonds. The highest BCUT2D eigenvalue weighted by molar-refractivity contribution is 6.01. The van der Waals surface area contributed by atoms with Crippen LogP contribution in [-0.2, 0) is 9.53 Å². The largest absolute Gasteiger partial charge is 0.497 e. The molecular weight excluding hydrogens is 396 g/mol. The summed E-state index contributed by atoms with van der Waals surface area (Å²) >= 11 is 0. The van der Waals surface area contributed by atoms with Gasteiger partial charge in [0.1, 0.15) is 5.75 Å². The number of urea groups is 1. The second kappa shape index (κ2) is 9.53. The zero-order valence-electron chi connectivity index (χ0n) is 18.0. The summed E-state index contributed by atoms with van der Waals surface area (Å²) in [4.78, 5) is 32.1. The maximum atomic E-state index is 13.4. The monoisotopic (exact) mass is 426 g/mol. The Balaban J connectivity index is 1.53. The first kappa shape index (κ1) is 21.4. The van der Waals surface area contributed by atoms with Crippen LogP contribution in [0.1, 0.15) is 18.0 Å². The third kappa shape index (κ3) is 4.45. The molecule has 0 unspecified atom stereocenters. The Morgan fingerprint density at radius 3 is 2.81 bits per heavy atom. The van der Waals surface area contributed by atoms with E-state index in [1.165, 1.54) is 0 Å². The van der Waals surface area contributed by atoms with Gasteiger partial charge in [0.15, 0.2) is 0 Å². The lowest BCUT2D eigenvalue weighted by Gasteiger charge is -2.33. The van der Waals surface area contributed by atoms with Crippen molar-refractivity contribution in [2.24, 2.45) is 0 Å². The van der Waals surface area contributed by atoms with Gasteiger partial charge in [-0.05, 0) is 24.1 Å². The number of carbonyl (C=O) groups is 2. The van der Waals surface area contributed by atoms with Gasteiger partial charge in [0, 0.05) is 32.7 Å². The topological polar surface area (TPSA) is 74.4 Å². The van der Waals surface area contributed by atoms with E-state index in [0.29, 0.717) is 31.0 Å². The zero-order chi connectivity index (χ0) is 21.8. The predicted molar refractivity (Wildman–Crippen MR) is 117 cm³/mol. The molecule has 1 fully saturated rings. The van der Waals surface area contributed by atoms with Gasteiger partial charge in [0.05, 0.1) is 44.2 Å². The van der Waals surface area contributed by atoms with Gasteiger partial charge in [-0.15, -0.1) is 6.58 Å². The van der Waals surface area contributed by atoms with E-state index in [4.69, 9.17) is 9.47 Å². The quantitative estimate of drug-likeness (QED) is 0.642. The van der Waals surface area contributed by atoms with E-state index >= 15 is 0 Å². The van der Waals surface area contributed by atoms with Crippen molar-refractivity contribution in [3.8, 4) is 5.75 Å². The lowest BCUT2D eigenvalue weighted by atomic mass is 9.95. The number of methoxy groups -OCH3 is 1. The molecule has 4 rings (SSSR count). The van der Waals surface area contributed by atoms with E-state index in [-0.39, 0.29) is 11.9 Å². The highest BCUT2D eigenvalue weighted by Gasteiger charge is 2.43. The molecule has 0 saturated carbocycles. The van der Waals surface area contributed by atoms with Crippen molar-refractivity contribution < 1.29 is 19.1 Å². The molecule has 8 nitrogen and oxygen atoms in total. The molecule has 0 bridgehead atoms. The number of amides is 3. The molecule has 0 aromatic heterocycles. The summed E-state index contributed by atoms with van der Waals surface area (Å²) in [5, 5.41) is 3.01. The molecule has 0 spiro atoms. The van der Waals surface area contributed by atoms with Crippen molar-refractivity contribution in [3.63, 3.8) is 0 Å². The first-order valence-corrected chi connectivity index (χ1v) is 10.8. The first-order chi connectivity index (χ1) is 15.1. The normalized spacial score (nSPS) is 21.9. The molecule has 1 aromatic rings. The van der Waals surface area contributed by atoms with E-state index in [1.54, 1.807) is 18.1 Å². The number of nitrogens with one attached hydrogen (secondary N) is 1. The van der Waals surface area contributed by atoms with Crippen molar-refractivity contribution in [2.45, 2.75) is 12.5 Å². The molecule has 1 saturated heterocycles. The predicted octanol–water partition coefficient (Wildman–Crippen LogP) is 1.77. The van der Waals surface area contributed by atoms with Gasteiger partial charge in [0.2, 0.25) is 0 Å². The highest BCUT2D eigenvalue weighted by atomic mass is 16.5. The lowest BCUT2D eigenvalue weighted by Crippen LogP contribution is -2.47. The molecule has 3 aliphatic heterocycles. The molecule has 1 N–H and O–H groups in total. The summed E-state index contributed by atoms with van der Waals surface area (Å²) in [7, 11) is 1.60. The number of nitrogens with zero attached hydrogens (tertiary/aromatic N) is 3. The van der Waals surface area contributed by atoms with Crippen molar-refractivity contribution in [1.82, 2.24) is 20.0 Å². The number of carbonyl (C=O) groups excluding carboxylic acids is 2. The fraction of sp³-hybridized carbons (Fsp3) is 0.478. The number of morpholine rings is 1. The molecule has 8 heteroatoms. The van der Waals surface area contributed by atoms with Crippen molar-refractivity contribution in [3.05, 3.63) is 53.8 Å². The first-order valence-electron chi connectivity index (χ1n) is 10.8. The number of benzene rings is 1. The molecule has 31 heavy (non-hydrogen) atoms. The van der Waals surface area contributed by atoms with Gasteiger partial charge in [-0.2, -0.15) is 0 Å². The van der Waals surface area contributed by atoms with Crippen LogP contribution in [0.5, 0.6) is 5.75 Å². The number of hydrogen-bond donors (Lipinski definition) is 1. The molecule has 0 radical (unpaired) electrons. The minimum atomic E-state index is -0.490. The average molecular weight is 427 g/mol. The highest BCUT2D eigenvalue weighted by Crippen LogP contribution is 2.37. The van der Waals surface area contributed by atoms with Crippen LogP contribution in [0.25, 0.3) is 0 Å². The Labute approximate surface area is 183 Å².